The number of ether oxygens (including phenoxy) is 2. The molecule has 5 heteroatoms. The summed E-state index contributed by atoms with van der Waals surface area (Å²) in [6.45, 7) is 1.87. The van der Waals surface area contributed by atoms with Crippen LogP contribution in [0.3, 0.4) is 0 Å². The van der Waals surface area contributed by atoms with Crippen LogP contribution in [0.25, 0.3) is 0 Å². The quantitative estimate of drug-likeness (QED) is 0.374. The molecule has 160 valence electrons. The van der Waals surface area contributed by atoms with Gasteiger partial charge in [-0.1, -0.05) is 60.7 Å². The molecule has 3 rings (SSSR count). The van der Waals surface area contributed by atoms with Gasteiger partial charge >= 0.3 is 0 Å². The molecule has 0 atom stereocenters. The minimum atomic E-state index is -0.199. The minimum Gasteiger partial charge on any atom is -0.493 e. The zero-order valence-electron chi connectivity index (χ0n) is 17.8. The summed E-state index contributed by atoms with van der Waals surface area (Å²) in [6.07, 6.45) is 0.893. The van der Waals surface area contributed by atoms with Gasteiger partial charge in [-0.25, -0.2) is 0 Å². The van der Waals surface area contributed by atoms with E-state index >= 15 is 0 Å². The molecule has 0 aromatic heterocycles. The highest BCUT2D eigenvalue weighted by Gasteiger charge is 2.16. The molecule has 0 saturated carbocycles. The maximum Gasteiger partial charge on any atom is 0.220 e. The van der Waals surface area contributed by atoms with Crippen molar-refractivity contribution in [3.63, 3.8) is 0 Å². The fourth-order valence-corrected chi connectivity index (χ4v) is 3.30. The van der Waals surface area contributed by atoms with Crippen molar-refractivity contribution >= 4 is 11.7 Å². The maximum absolute atomic E-state index is 12.6. The van der Waals surface area contributed by atoms with Gasteiger partial charge in [0.05, 0.1) is 19.8 Å². The van der Waals surface area contributed by atoms with Crippen LogP contribution in [0.4, 0.5) is 0 Å². The van der Waals surface area contributed by atoms with Crippen LogP contribution < -0.4 is 14.8 Å². The first-order valence-corrected chi connectivity index (χ1v) is 10.3. The van der Waals surface area contributed by atoms with Crippen molar-refractivity contribution in [2.45, 2.75) is 25.8 Å². The lowest BCUT2D eigenvalue weighted by Crippen LogP contribution is -2.29. The molecule has 0 bridgehead atoms. The summed E-state index contributed by atoms with van der Waals surface area (Å²) in [5.41, 5.74) is 2.64. The molecule has 0 radical (unpaired) electrons. The number of nitrogens with one attached hydrogen (secondary N) is 1. The highest BCUT2D eigenvalue weighted by molar-refractivity contribution is 5.94. The summed E-state index contributed by atoms with van der Waals surface area (Å²) >= 11 is 0. The predicted molar refractivity (Wildman–Crippen MR) is 121 cm³/mol. The lowest BCUT2D eigenvalue weighted by atomic mass is 9.98. The minimum absolute atomic E-state index is 0.0343. The van der Waals surface area contributed by atoms with Gasteiger partial charge < -0.3 is 14.8 Å². The molecule has 1 amide bonds. The van der Waals surface area contributed by atoms with E-state index in [0.717, 1.165) is 11.1 Å². The van der Waals surface area contributed by atoms with Crippen LogP contribution in [0.15, 0.2) is 78.9 Å². The summed E-state index contributed by atoms with van der Waals surface area (Å²) < 4.78 is 11.1. The van der Waals surface area contributed by atoms with E-state index in [9.17, 15) is 9.59 Å². The Morgan fingerprint density at radius 2 is 1.48 bits per heavy atom. The van der Waals surface area contributed by atoms with Crippen molar-refractivity contribution in [1.29, 1.82) is 0 Å². The number of benzene rings is 3. The summed E-state index contributed by atoms with van der Waals surface area (Å²) in [4.78, 5) is 24.1. The molecular weight excluding hydrogens is 390 g/mol. The fourth-order valence-electron chi connectivity index (χ4n) is 3.30. The van der Waals surface area contributed by atoms with Crippen LogP contribution in [0.2, 0.25) is 0 Å². The zero-order chi connectivity index (χ0) is 22.1. The van der Waals surface area contributed by atoms with Gasteiger partial charge in [0.15, 0.2) is 17.3 Å². The number of rotatable bonds is 10. The second kappa shape index (κ2) is 11.0. The molecule has 0 aliphatic rings. The summed E-state index contributed by atoms with van der Waals surface area (Å²) in [6, 6.07) is 24.7. The number of amides is 1. The van der Waals surface area contributed by atoms with Crippen molar-refractivity contribution in [2.24, 2.45) is 0 Å². The van der Waals surface area contributed by atoms with E-state index in [1.54, 1.807) is 18.2 Å². The van der Waals surface area contributed by atoms with E-state index in [4.69, 9.17) is 9.47 Å². The lowest BCUT2D eigenvalue weighted by molar-refractivity contribution is -0.121. The molecule has 31 heavy (non-hydrogen) atoms. The maximum atomic E-state index is 12.6. The first-order valence-electron chi connectivity index (χ1n) is 10.3. The molecule has 3 aromatic carbocycles. The number of Topliss-reactive ketones (excluding diaryl/α,β-unsaturated/α-hetero) is 1. The van der Waals surface area contributed by atoms with E-state index < -0.39 is 0 Å². The Balaban J connectivity index is 1.56. The van der Waals surface area contributed by atoms with Crippen LogP contribution in [0.5, 0.6) is 11.5 Å². The van der Waals surface area contributed by atoms with Gasteiger partial charge in [-0.3, -0.25) is 9.59 Å². The Hall–Kier alpha value is -3.60. The van der Waals surface area contributed by atoms with E-state index in [-0.39, 0.29) is 17.7 Å². The van der Waals surface area contributed by atoms with Crippen molar-refractivity contribution in [3.8, 4) is 11.5 Å². The van der Waals surface area contributed by atoms with Crippen molar-refractivity contribution in [1.82, 2.24) is 5.32 Å². The third-order valence-electron chi connectivity index (χ3n) is 4.95. The van der Waals surface area contributed by atoms with Gasteiger partial charge in [0, 0.05) is 12.0 Å². The van der Waals surface area contributed by atoms with E-state index in [1.807, 2.05) is 60.7 Å². The topological polar surface area (TPSA) is 64.6 Å². The monoisotopic (exact) mass is 417 g/mol. The standard InChI is InChI=1S/C26H27NO4/c1-19(28)22-15-16-23(24(18-22)30-2)31-17-9-14-25(29)27-26(20-10-5-3-6-11-20)21-12-7-4-8-13-21/h3-8,10-13,15-16,18,26H,9,14,17H2,1-2H3,(H,27,29). The van der Waals surface area contributed by atoms with Gasteiger partial charge in [0.25, 0.3) is 0 Å². The molecule has 0 aliphatic carbocycles. The number of ketones is 1. The van der Waals surface area contributed by atoms with Gasteiger partial charge in [-0.05, 0) is 42.7 Å². The molecule has 0 saturated heterocycles. The lowest BCUT2D eigenvalue weighted by Gasteiger charge is -2.20. The van der Waals surface area contributed by atoms with Gasteiger partial charge in [0.1, 0.15) is 0 Å². The Kier molecular flexibility index (Phi) is 7.82. The van der Waals surface area contributed by atoms with E-state index in [0.29, 0.717) is 36.5 Å². The number of carbonyl (C=O) groups is 2. The average Bonchev–Trinajstić information content (AvgIpc) is 2.81. The normalized spacial score (nSPS) is 10.5. The second-order valence-corrected chi connectivity index (χ2v) is 7.20. The molecular formula is C26H27NO4. The van der Waals surface area contributed by atoms with E-state index in [2.05, 4.69) is 5.32 Å². The smallest absolute Gasteiger partial charge is 0.220 e. The zero-order valence-corrected chi connectivity index (χ0v) is 17.8. The number of carbonyl (C=O) groups excluding carboxylic acids is 2. The first kappa shape index (κ1) is 22.1. The highest BCUT2D eigenvalue weighted by atomic mass is 16.5. The highest BCUT2D eigenvalue weighted by Crippen LogP contribution is 2.28. The largest absolute Gasteiger partial charge is 0.493 e. The third-order valence-corrected chi connectivity index (χ3v) is 4.95. The Morgan fingerprint density at radius 3 is 2.03 bits per heavy atom. The molecule has 1 N–H and O–H groups in total. The van der Waals surface area contributed by atoms with Gasteiger partial charge in [-0.2, -0.15) is 0 Å². The number of hydrogen-bond donors (Lipinski definition) is 1. The second-order valence-electron chi connectivity index (χ2n) is 7.20. The van der Waals surface area contributed by atoms with Crippen LogP contribution in [-0.2, 0) is 4.79 Å². The van der Waals surface area contributed by atoms with Gasteiger partial charge in [0.2, 0.25) is 5.91 Å². The average molecular weight is 418 g/mol. The van der Waals surface area contributed by atoms with Crippen molar-refractivity contribution in [2.75, 3.05) is 13.7 Å². The Labute approximate surface area is 183 Å². The number of methoxy groups -OCH3 is 1. The van der Waals surface area contributed by atoms with Gasteiger partial charge in [-0.15, -0.1) is 0 Å². The molecule has 0 unspecified atom stereocenters. The number of hydrogen-bond acceptors (Lipinski definition) is 4. The molecule has 0 heterocycles. The summed E-state index contributed by atoms with van der Waals surface area (Å²) in [7, 11) is 1.53. The Bertz CT molecular complexity index is 963. The molecule has 0 aliphatic heterocycles. The molecule has 0 spiro atoms. The molecule has 3 aromatic rings. The van der Waals surface area contributed by atoms with E-state index in [1.165, 1.54) is 14.0 Å². The summed E-state index contributed by atoms with van der Waals surface area (Å²) in [5.74, 6) is 0.984. The van der Waals surface area contributed by atoms with Crippen LogP contribution in [0.1, 0.15) is 47.3 Å². The van der Waals surface area contributed by atoms with Crippen LogP contribution in [0, 0.1) is 0 Å². The Morgan fingerprint density at radius 1 is 0.871 bits per heavy atom. The summed E-state index contributed by atoms with van der Waals surface area (Å²) in [5, 5.41) is 3.13. The molecule has 5 nitrogen and oxygen atoms in total. The third kappa shape index (κ3) is 6.19. The van der Waals surface area contributed by atoms with Crippen LogP contribution >= 0.6 is 0 Å². The SMILES string of the molecule is COc1cc(C(C)=O)ccc1OCCCC(=O)NC(c1ccccc1)c1ccccc1. The molecule has 0 fully saturated rings. The van der Waals surface area contributed by atoms with Crippen molar-refractivity contribution in [3.05, 3.63) is 95.6 Å². The van der Waals surface area contributed by atoms with Crippen molar-refractivity contribution < 1.29 is 19.1 Å². The van der Waals surface area contributed by atoms with Crippen LogP contribution in [-0.4, -0.2) is 25.4 Å². The fraction of sp³-hybridized carbons (Fsp3) is 0.231. The first-order chi connectivity index (χ1) is 15.1. The predicted octanol–water partition coefficient (Wildman–Crippen LogP) is 4.96.